The van der Waals surface area contributed by atoms with Crippen LogP contribution in [0.15, 0.2) is 40.3 Å². The Hall–Kier alpha value is -2.12. The van der Waals surface area contributed by atoms with Crippen molar-refractivity contribution in [2.45, 2.75) is 43.9 Å². The Bertz CT molecular complexity index is 1090. The number of para-hydroxylation sites is 1. The molecule has 0 fully saturated rings. The number of thiophene rings is 1. The van der Waals surface area contributed by atoms with Gasteiger partial charge < -0.3 is 4.90 Å². The number of thioether (sulfide) groups is 1. The van der Waals surface area contributed by atoms with Crippen LogP contribution in [0.5, 0.6) is 0 Å². The zero-order valence-corrected chi connectivity index (χ0v) is 17.2. The Kier molecular flexibility index (Phi) is 4.82. The highest BCUT2D eigenvalue weighted by Gasteiger charge is 2.25. The van der Waals surface area contributed by atoms with Gasteiger partial charge in [-0.05, 0) is 38.0 Å². The van der Waals surface area contributed by atoms with Crippen LogP contribution in [0.3, 0.4) is 0 Å². The van der Waals surface area contributed by atoms with Crippen molar-refractivity contribution in [2.75, 3.05) is 11.4 Å². The smallest absolute Gasteiger partial charge is 0.262 e. The average molecular weight is 400 g/mol. The topological polar surface area (TPSA) is 55.2 Å². The lowest BCUT2D eigenvalue weighted by Crippen LogP contribution is -2.37. The summed E-state index contributed by atoms with van der Waals surface area (Å²) in [4.78, 5) is 35.2. The summed E-state index contributed by atoms with van der Waals surface area (Å²) in [5.41, 5.74) is 1.75. The number of rotatable bonds is 2. The molecule has 3 heterocycles. The van der Waals surface area contributed by atoms with Crippen LogP contribution in [0, 0.1) is 13.8 Å². The summed E-state index contributed by atoms with van der Waals surface area (Å²) in [5, 5.41) is 1.08. The quantitative estimate of drug-likeness (QED) is 0.654. The third kappa shape index (κ3) is 3.30. The predicted octanol–water partition coefficient (Wildman–Crippen LogP) is 3.99. The van der Waals surface area contributed by atoms with Crippen LogP contribution in [0.4, 0.5) is 5.69 Å². The summed E-state index contributed by atoms with van der Waals surface area (Å²) in [5.74, 6) is -0.0787. The fourth-order valence-electron chi connectivity index (χ4n) is 3.36. The molecule has 7 heteroatoms. The lowest BCUT2D eigenvalue weighted by atomic mass is 10.2. The van der Waals surface area contributed by atoms with Crippen LogP contribution in [0.2, 0.25) is 0 Å². The van der Waals surface area contributed by atoms with E-state index in [9.17, 15) is 9.59 Å². The summed E-state index contributed by atoms with van der Waals surface area (Å²) in [6.07, 6.45) is 2.42. The van der Waals surface area contributed by atoms with Crippen LogP contribution in [0.1, 0.15) is 23.8 Å². The Morgan fingerprint density at radius 1 is 1.30 bits per heavy atom. The highest BCUT2D eigenvalue weighted by atomic mass is 32.2. The van der Waals surface area contributed by atoms with Crippen LogP contribution in [-0.2, 0) is 11.3 Å². The maximum absolute atomic E-state index is 13.1. The number of amides is 1. The summed E-state index contributed by atoms with van der Waals surface area (Å²) < 4.78 is 1.44. The van der Waals surface area contributed by atoms with Crippen molar-refractivity contribution in [3.63, 3.8) is 0 Å². The van der Waals surface area contributed by atoms with E-state index < -0.39 is 0 Å². The maximum atomic E-state index is 13.1. The zero-order chi connectivity index (χ0) is 19.1. The number of fused-ring (bicyclic) bond motifs is 2. The standard InChI is InChI=1S/C20H21N3O2S2/c1-12-8-9-23(15-6-4-5-7-16(15)26-12)17(24)10-22-11-21-19-18(20(22)25)13(2)14(3)27-19/h4-7,11-12H,8-10H2,1-3H3. The van der Waals surface area contributed by atoms with E-state index in [2.05, 4.69) is 18.0 Å². The first-order chi connectivity index (χ1) is 13.0. The third-order valence-corrected chi connectivity index (χ3v) is 7.36. The van der Waals surface area contributed by atoms with Gasteiger partial charge in [-0.15, -0.1) is 23.1 Å². The van der Waals surface area contributed by atoms with Gasteiger partial charge in [0.2, 0.25) is 5.91 Å². The van der Waals surface area contributed by atoms with Gasteiger partial charge in [0.05, 0.1) is 17.4 Å². The number of benzene rings is 1. The number of aromatic nitrogens is 2. The number of anilines is 1. The molecule has 1 aliphatic rings. The van der Waals surface area contributed by atoms with Crippen molar-refractivity contribution >= 4 is 44.9 Å². The van der Waals surface area contributed by atoms with E-state index in [1.54, 1.807) is 11.8 Å². The molecule has 1 unspecified atom stereocenters. The number of aryl methyl sites for hydroxylation is 2. The van der Waals surface area contributed by atoms with Gasteiger partial charge >= 0.3 is 0 Å². The number of carbonyl (C=O) groups excluding carboxylic acids is 1. The minimum absolute atomic E-state index is 0.00346. The number of nitrogens with zero attached hydrogens (tertiary/aromatic N) is 3. The lowest BCUT2D eigenvalue weighted by Gasteiger charge is -2.22. The lowest BCUT2D eigenvalue weighted by molar-refractivity contribution is -0.119. The summed E-state index contributed by atoms with van der Waals surface area (Å²) in [6.45, 7) is 6.77. The fraction of sp³-hybridized carbons (Fsp3) is 0.350. The first-order valence-corrected chi connectivity index (χ1v) is 10.7. The Morgan fingerprint density at radius 2 is 2.07 bits per heavy atom. The third-order valence-electron chi connectivity index (χ3n) is 5.01. The van der Waals surface area contributed by atoms with E-state index in [0.29, 0.717) is 17.2 Å². The van der Waals surface area contributed by atoms with Crippen LogP contribution in [-0.4, -0.2) is 27.3 Å². The fourth-order valence-corrected chi connectivity index (χ4v) is 5.46. The molecule has 2 aromatic heterocycles. The molecule has 1 amide bonds. The molecule has 0 saturated heterocycles. The van der Waals surface area contributed by atoms with Gasteiger partial charge in [-0.3, -0.25) is 14.2 Å². The van der Waals surface area contributed by atoms with Gasteiger partial charge in [0.15, 0.2) is 0 Å². The van der Waals surface area contributed by atoms with Gasteiger partial charge in [0.1, 0.15) is 11.4 Å². The van der Waals surface area contributed by atoms with E-state index >= 15 is 0 Å². The molecule has 27 heavy (non-hydrogen) atoms. The van der Waals surface area contributed by atoms with Crippen molar-refractivity contribution < 1.29 is 4.79 Å². The molecule has 0 saturated carbocycles. The average Bonchev–Trinajstić information content (AvgIpc) is 2.83. The van der Waals surface area contributed by atoms with Crippen LogP contribution < -0.4 is 10.5 Å². The maximum Gasteiger partial charge on any atom is 0.262 e. The van der Waals surface area contributed by atoms with Gasteiger partial charge in [-0.1, -0.05) is 19.1 Å². The van der Waals surface area contributed by atoms with E-state index in [0.717, 1.165) is 32.3 Å². The van der Waals surface area contributed by atoms with E-state index in [-0.39, 0.29) is 18.0 Å². The second-order valence-electron chi connectivity index (χ2n) is 6.87. The molecule has 1 aliphatic heterocycles. The van der Waals surface area contributed by atoms with Gasteiger partial charge in [0, 0.05) is 21.6 Å². The molecule has 1 atom stereocenters. The van der Waals surface area contributed by atoms with Crippen molar-refractivity contribution in [3.05, 3.63) is 51.4 Å². The molecule has 0 aliphatic carbocycles. The zero-order valence-electron chi connectivity index (χ0n) is 15.6. The molecule has 0 N–H and O–H groups in total. The molecule has 1 aromatic carbocycles. The van der Waals surface area contributed by atoms with Gasteiger partial charge in [-0.2, -0.15) is 0 Å². The molecular formula is C20H21N3O2S2. The molecular weight excluding hydrogens is 378 g/mol. The first kappa shape index (κ1) is 18.3. The second kappa shape index (κ2) is 7.13. The Balaban J connectivity index is 1.69. The molecule has 0 spiro atoms. The number of carbonyl (C=O) groups is 1. The Labute approximate surface area is 166 Å². The minimum Gasteiger partial charge on any atom is -0.310 e. The Morgan fingerprint density at radius 3 is 2.89 bits per heavy atom. The molecule has 4 rings (SSSR count). The largest absolute Gasteiger partial charge is 0.310 e. The highest BCUT2D eigenvalue weighted by molar-refractivity contribution is 8.00. The highest BCUT2D eigenvalue weighted by Crippen LogP contribution is 2.37. The second-order valence-corrected chi connectivity index (χ2v) is 9.55. The van der Waals surface area contributed by atoms with Crippen molar-refractivity contribution in [1.29, 1.82) is 0 Å². The minimum atomic E-state index is -0.138. The van der Waals surface area contributed by atoms with Crippen molar-refractivity contribution in [2.24, 2.45) is 0 Å². The first-order valence-electron chi connectivity index (χ1n) is 8.97. The van der Waals surface area contributed by atoms with E-state index in [1.165, 1.54) is 22.2 Å². The predicted molar refractivity (Wildman–Crippen MR) is 112 cm³/mol. The van der Waals surface area contributed by atoms with E-state index in [1.807, 2.05) is 36.9 Å². The summed E-state index contributed by atoms with van der Waals surface area (Å²) in [7, 11) is 0. The van der Waals surface area contributed by atoms with Crippen LogP contribution >= 0.6 is 23.1 Å². The normalized spacial score (nSPS) is 17.0. The molecule has 0 bridgehead atoms. The molecule has 5 nitrogen and oxygen atoms in total. The summed E-state index contributed by atoms with van der Waals surface area (Å²) >= 11 is 3.32. The van der Waals surface area contributed by atoms with Crippen molar-refractivity contribution in [1.82, 2.24) is 9.55 Å². The monoisotopic (exact) mass is 399 g/mol. The molecule has 3 aromatic rings. The number of hydrogen-bond donors (Lipinski definition) is 0. The molecule has 140 valence electrons. The van der Waals surface area contributed by atoms with E-state index in [4.69, 9.17) is 0 Å². The number of hydrogen-bond acceptors (Lipinski definition) is 5. The van der Waals surface area contributed by atoms with Crippen LogP contribution in [0.25, 0.3) is 10.2 Å². The van der Waals surface area contributed by atoms with Crippen molar-refractivity contribution in [3.8, 4) is 0 Å². The molecule has 0 radical (unpaired) electrons. The van der Waals surface area contributed by atoms with Gasteiger partial charge in [-0.25, -0.2) is 4.98 Å². The summed E-state index contributed by atoms with van der Waals surface area (Å²) in [6, 6.07) is 7.98. The SMILES string of the molecule is Cc1sc2ncn(CC(=O)N3CCC(C)Sc4ccccc43)c(=O)c2c1C. The van der Waals surface area contributed by atoms with Gasteiger partial charge in [0.25, 0.3) is 5.56 Å².